The van der Waals surface area contributed by atoms with E-state index in [0.717, 1.165) is 29.8 Å². The zero-order valence-corrected chi connectivity index (χ0v) is 10.3. The van der Waals surface area contributed by atoms with Gasteiger partial charge in [-0.2, -0.15) is 0 Å². The largest absolute Gasteiger partial charge is 0.441 e. The number of para-hydroxylation sites is 2. The number of nitrogens with zero attached hydrogens (tertiary/aromatic N) is 1. The molecule has 0 aliphatic rings. The molecular weight excluding hydrogens is 198 g/mol. The summed E-state index contributed by atoms with van der Waals surface area (Å²) in [4.78, 5) is 4.47. The molecule has 0 saturated heterocycles. The molecule has 0 amide bonds. The van der Waals surface area contributed by atoms with Gasteiger partial charge in [-0.25, -0.2) is 4.98 Å². The van der Waals surface area contributed by atoms with Gasteiger partial charge in [0.25, 0.3) is 0 Å². The van der Waals surface area contributed by atoms with Gasteiger partial charge < -0.3 is 4.42 Å². The highest BCUT2D eigenvalue weighted by atomic mass is 16.3. The maximum Gasteiger partial charge on any atom is 0.195 e. The van der Waals surface area contributed by atoms with E-state index >= 15 is 0 Å². The first-order valence-electron chi connectivity index (χ1n) is 5.89. The molecule has 0 unspecified atom stereocenters. The van der Waals surface area contributed by atoms with Crippen LogP contribution in [-0.2, 0) is 6.42 Å². The molecule has 0 aliphatic heterocycles. The Morgan fingerprint density at radius 3 is 2.62 bits per heavy atom. The lowest BCUT2D eigenvalue weighted by Crippen LogP contribution is -2.04. The van der Waals surface area contributed by atoms with Crippen LogP contribution >= 0.6 is 0 Å². The van der Waals surface area contributed by atoms with Crippen LogP contribution in [0.3, 0.4) is 0 Å². The first kappa shape index (κ1) is 11.2. The van der Waals surface area contributed by atoms with E-state index in [-0.39, 0.29) is 0 Å². The van der Waals surface area contributed by atoms with E-state index in [2.05, 4.69) is 25.8 Å². The average Bonchev–Trinajstić information content (AvgIpc) is 2.57. The standard InChI is InChI=1S/C14H19NO/c1-14(2,3)10-6-9-13-15-11-7-4-5-8-12(11)16-13/h4-5,7-8H,6,9-10H2,1-3H3. The molecule has 1 aromatic heterocycles. The van der Waals surface area contributed by atoms with Crippen LogP contribution in [0.25, 0.3) is 11.1 Å². The Kier molecular flexibility index (Phi) is 2.99. The normalized spacial score (nSPS) is 12.2. The monoisotopic (exact) mass is 217 g/mol. The Balaban J connectivity index is 2.00. The van der Waals surface area contributed by atoms with Crippen LogP contribution in [0.15, 0.2) is 28.7 Å². The Morgan fingerprint density at radius 1 is 1.19 bits per heavy atom. The van der Waals surface area contributed by atoms with Crippen molar-refractivity contribution in [1.82, 2.24) is 4.98 Å². The Morgan fingerprint density at radius 2 is 1.94 bits per heavy atom. The summed E-state index contributed by atoms with van der Waals surface area (Å²) in [7, 11) is 0. The average molecular weight is 217 g/mol. The minimum absolute atomic E-state index is 0.395. The van der Waals surface area contributed by atoms with Crippen LogP contribution in [-0.4, -0.2) is 4.98 Å². The van der Waals surface area contributed by atoms with E-state index in [4.69, 9.17) is 4.42 Å². The molecule has 0 fully saturated rings. The molecule has 0 saturated carbocycles. The summed E-state index contributed by atoms with van der Waals surface area (Å²) in [5.41, 5.74) is 2.26. The number of hydrogen-bond acceptors (Lipinski definition) is 2. The van der Waals surface area contributed by atoms with Crippen LogP contribution < -0.4 is 0 Å². The molecular formula is C14H19NO. The van der Waals surface area contributed by atoms with Crippen LogP contribution in [0, 0.1) is 5.41 Å². The molecule has 86 valence electrons. The van der Waals surface area contributed by atoms with Crippen molar-refractivity contribution in [3.05, 3.63) is 30.2 Å². The Bertz CT molecular complexity index is 432. The van der Waals surface area contributed by atoms with Gasteiger partial charge in [0.1, 0.15) is 5.52 Å². The number of aromatic nitrogens is 1. The van der Waals surface area contributed by atoms with Crippen molar-refractivity contribution in [2.24, 2.45) is 5.41 Å². The number of rotatable bonds is 3. The van der Waals surface area contributed by atoms with Crippen molar-refractivity contribution in [2.75, 3.05) is 0 Å². The summed E-state index contributed by atoms with van der Waals surface area (Å²) in [6, 6.07) is 7.93. The number of hydrogen-bond donors (Lipinski definition) is 0. The third-order valence-electron chi connectivity index (χ3n) is 2.66. The summed E-state index contributed by atoms with van der Waals surface area (Å²) in [6.07, 6.45) is 3.27. The van der Waals surface area contributed by atoms with Gasteiger partial charge in [0.2, 0.25) is 0 Å². The lowest BCUT2D eigenvalue weighted by molar-refractivity contribution is 0.357. The van der Waals surface area contributed by atoms with Gasteiger partial charge in [-0.05, 0) is 30.4 Å². The molecule has 0 atom stereocenters. The molecule has 2 heteroatoms. The molecule has 2 nitrogen and oxygen atoms in total. The van der Waals surface area contributed by atoms with Crippen LogP contribution in [0.5, 0.6) is 0 Å². The minimum atomic E-state index is 0.395. The molecule has 0 radical (unpaired) electrons. The topological polar surface area (TPSA) is 26.0 Å². The van der Waals surface area contributed by atoms with Gasteiger partial charge in [-0.3, -0.25) is 0 Å². The van der Waals surface area contributed by atoms with Crippen molar-refractivity contribution in [2.45, 2.75) is 40.0 Å². The van der Waals surface area contributed by atoms with Crippen LogP contribution in [0.2, 0.25) is 0 Å². The van der Waals surface area contributed by atoms with Gasteiger partial charge >= 0.3 is 0 Å². The summed E-state index contributed by atoms with van der Waals surface area (Å²) in [5, 5.41) is 0. The van der Waals surface area contributed by atoms with E-state index in [1.807, 2.05) is 24.3 Å². The van der Waals surface area contributed by atoms with Crippen molar-refractivity contribution in [1.29, 1.82) is 0 Å². The second-order valence-corrected chi connectivity index (χ2v) is 5.49. The maximum absolute atomic E-state index is 5.67. The van der Waals surface area contributed by atoms with Gasteiger partial charge in [0, 0.05) is 6.42 Å². The summed E-state index contributed by atoms with van der Waals surface area (Å²) in [5.74, 6) is 0.866. The van der Waals surface area contributed by atoms with Gasteiger partial charge in [0.05, 0.1) is 0 Å². The fourth-order valence-corrected chi connectivity index (χ4v) is 1.80. The third kappa shape index (κ3) is 2.84. The predicted molar refractivity (Wildman–Crippen MR) is 66.4 cm³/mol. The molecule has 1 aromatic carbocycles. The lowest BCUT2D eigenvalue weighted by atomic mass is 9.90. The first-order valence-corrected chi connectivity index (χ1v) is 5.89. The quantitative estimate of drug-likeness (QED) is 0.770. The van der Waals surface area contributed by atoms with E-state index < -0.39 is 0 Å². The molecule has 0 aliphatic carbocycles. The number of fused-ring (bicyclic) bond motifs is 1. The van der Waals surface area contributed by atoms with E-state index in [0.29, 0.717) is 5.41 Å². The number of oxazole rings is 1. The van der Waals surface area contributed by atoms with Crippen molar-refractivity contribution in [3.63, 3.8) is 0 Å². The molecule has 0 bridgehead atoms. The summed E-state index contributed by atoms with van der Waals surface area (Å²) in [6.45, 7) is 6.79. The molecule has 2 aromatic rings. The van der Waals surface area contributed by atoms with Crippen LogP contribution in [0.4, 0.5) is 0 Å². The van der Waals surface area contributed by atoms with Crippen molar-refractivity contribution >= 4 is 11.1 Å². The zero-order valence-electron chi connectivity index (χ0n) is 10.3. The van der Waals surface area contributed by atoms with Gasteiger partial charge in [0.15, 0.2) is 11.5 Å². The van der Waals surface area contributed by atoms with E-state index in [1.165, 1.54) is 6.42 Å². The highest BCUT2D eigenvalue weighted by Gasteiger charge is 2.11. The molecule has 0 spiro atoms. The highest BCUT2D eigenvalue weighted by molar-refractivity contribution is 5.72. The SMILES string of the molecule is CC(C)(C)CCCc1nc2ccccc2o1. The number of aryl methyl sites for hydroxylation is 1. The fourth-order valence-electron chi connectivity index (χ4n) is 1.80. The predicted octanol–water partition coefficient (Wildman–Crippen LogP) is 4.20. The maximum atomic E-state index is 5.67. The number of benzene rings is 1. The van der Waals surface area contributed by atoms with Gasteiger partial charge in [-0.15, -0.1) is 0 Å². The van der Waals surface area contributed by atoms with Crippen LogP contribution in [0.1, 0.15) is 39.5 Å². The Hall–Kier alpha value is -1.31. The van der Waals surface area contributed by atoms with Gasteiger partial charge in [-0.1, -0.05) is 32.9 Å². The van der Waals surface area contributed by atoms with E-state index in [9.17, 15) is 0 Å². The first-order chi connectivity index (χ1) is 7.54. The summed E-state index contributed by atoms with van der Waals surface area (Å²) < 4.78 is 5.67. The molecule has 16 heavy (non-hydrogen) atoms. The summed E-state index contributed by atoms with van der Waals surface area (Å²) >= 11 is 0. The smallest absolute Gasteiger partial charge is 0.195 e. The third-order valence-corrected chi connectivity index (χ3v) is 2.66. The van der Waals surface area contributed by atoms with E-state index in [1.54, 1.807) is 0 Å². The van der Waals surface area contributed by atoms with Crippen molar-refractivity contribution < 1.29 is 4.42 Å². The zero-order chi connectivity index (χ0) is 11.6. The molecule has 1 heterocycles. The second kappa shape index (κ2) is 4.28. The molecule has 0 N–H and O–H groups in total. The highest BCUT2D eigenvalue weighted by Crippen LogP contribution is 2.23. The minimum Gasteiger partial charge on any atom is -0.441 e. The van der Waals surface area contributed by atoms with Crippen molar-refractivity contribution in [3.8, 4) is 0 Å². The fraction of sp³-hybridized carbons (Fsp3) is 0.500. The second-order valence-electron chi connectivity index (χ2n) is 5.49. The molecule has 2 rings (SSSR count). The Labute approximate surface area is 96.7 Å². The lowest BCUT2D eigenvalue weighted by Gasteiger charge is -2.16.